The van der Waals surface area contributed by atoms with E-state index >= 15 is 0 Å². The zero-order valence-corrected chi connectivity index (χ0v) is 8.12. The molecule has 0 heterocycles. The highest BCUT2D eigenvalue weighted by molar-refractivity contribution is 5.51. The van der Waals surface area contributed by atoms with Gasteiger partial charge in [0.2, 0.25) is 0 Å². The van der Waals surface area contributed by atoms with Crippen LogP contribution in [-0.2, 0) is 0 Å². The zero-order chi connectivity index (χ0) is 10.4. The average Bonchev–Trinajstić information content (AvgIpc) is 2.26. The second kappa shape index (κ2) is 4.94. The van der Waals surface area contributed by atoms with E-state index in [1.807, 2.05) is 31.2 Å². The van der Waals surface area contributed by atoms with Gasteiger partial charge in [-0.05, 0) is 24.6 Å². The molecule has 0 amide bonds. The van der Waals surface area contributed by atoms with Crippen molar-refractivity contribution in [3.63, 3.8) is 0 Å². The predicted octanol–water partition coefficient (Wildman–Crippen LogP) is 2.38. The van der Waals surface area contributed by atoms with Gasteiger partial charge in [0.1, 0.15) is 6.04 Å². The van der Waals surface area contributed by atoms with E-state index in [9.17, 15) is 0 Å². The van der Waals surface area contributed by atoms with Crippen LogP contribution in [0.5, 0.6) is 0 Å². The van der Waals surface area contributed by atoms with Gasteiger partial charge in [0.05, 0.1) is 6.07 Å². The van der Waals surface area contributed by atoms with Crippen LogP contribution >= 0.6 is 0 Å². The molecule has 0 aromatic heterocycles. The molecular weight excluding hydrogens is 172 g/mol. The molecule has 0 radical (unpaired) electrons. The van der Waals surface area contributed by atoms with Gasteiger partial charge in [0.25, 0.3) is 0 Å². The number of benzene rings is 1. The summed E-state index contributed by atoms with van der Waals surface area (Å²) in [5.74, 6) is 2.55. The van der Waals surface area contributed by atoms with Crippen LogP contribution in [0.1, 0.15) is 18.9 Å². The van der Waals surface area contributed by atoms with E-state index in [0.717, 1.165) is 17.7 Å². The van der Waals surface area contributed by atoms with Crippen molar-refractivity contribution in [2.75, 3.05) is 5.32 Å². The second-order valence-corrected chi connectivity index (χ2v) is 2.96. The maximum absolute atomic E-state index is 8.76. The average molecular weight is 184 g/mol. The molecular formula is C12H12N2. The Balaban J connectivity index is 2.78. The highest BCUT2D eigenvalue weighted by Gasteiger charge is 2.02. The molecule has 70 valence electrons. The first-order valence-corrected chi connectivity index (χ1v) is 4.53. The van der Waals surface area contributed by atoms with Gasteiger partial charge < -0.3 is 5.32 Å². The van der Waals surface area contributed by atoms with Crippen molar-refractivity contribution in [2.45, 2.75) is 19.4 Å². The van der Waals surface area contributed by atoms with Gasteiger partial charge in [-0.1, -0.05) is 18.9 Å². The van der Waals surface area contributed by atoms with Crippen molar-refractivity contribution < 1.29 is 0 Å². The Hall–Kier alpha value is -1.93. The normalized spacial score (nSPS) is 11.1. The SMILES string of the molecule is C#Cc1cccc(NC(C#N)CC)c1. The van der Waals surface area contributed by atoms with E-state index in [1.54, 1.807) is 0 Å². The number of nitriles is 1. The van der Waals surface area contributed by atoms with Gasteiger partial charge >= 0.3 is 0 Å². The first-order valence-electron chi connectivity index (χ1n) is 4.53. The summed E-state index contributed by atoms with van der Waals surface area (Å²) < 4.78 is 0. The molecule has 0 spiro atoms. The van der Waals surface area contributed by atoms with E-state index in [0.29, 0.717) is 0 Å². The Labute approximate surface area is 84.6 Å². The summed E-state index contributed by atoms with van der Waals surface area (Å²) in [6, 6.07) is 9.53. The third kappa shape index (κ3) is 2.54. The van der Waals surface area contributed by atoms with Gasteiger partial charge in [0, 0.05) is 11.3 Å². The van der Waals surface area contributed by atoms with E-state index in [4.69, 9.17) is 11.7 Å². The van der Waals surface area contributed by atoms with Crippen molar-refractivity contribution >= 4 is 5.69 Å². The Kier molecular flexibility index (Phi) is 3.58. The minimum Gasteiger partial charge on any atom is -0.370 e. The Morgan fingerprint density at radius 2 is 2.36 bits per heavy atom. The molecule has 0 saturated heterocycles. The summed E-state index contributed by atoms with van der Waals surface area (Å²) in [6.07, 6.45) is 6.05. The fourth-order valence-electron chi connectivity index (χ4n) is 1.13. The molecule has 0 aliphatic heterocycles. The summed E-state index contributed by atoms with van der Waals surface area (Å²) in [5, 5.41) is 11.9. The number of rotatable bonds is 3. The molecule has 0 fully saturated rings. The highest BCUT2D eigenvalue weighted by Crippen LogP contribution is 2.11. The van der Waals surface area contributed by atoms with E-state index < -0.39 is 0 Å². The van der Waals surface area contributed by atoms with Crippen LogP contribution in [0, 0.1) is 23.7 Å². The van der Waals surface area contributed by atoms with Crippen molar-refractivity contribution in [2.24, 2.45) is 0 Å². The predicted molar refractivity (Wildman–Crippen MR) is 57.7 cm³/mol. The summed E-state index contributed by atoms with van der Waals surface area (Å²) in [5.41, 5.74) is 1.72. The lowest BCUT2D eigenvalue weighted by molar-refractivity contribution is 0.845. The summed E-state index contributed by atoms with van der Waals surface area (Å²) in [6.45, 7) is 1.96. The Bertz CT molecular complexity index is 382. The molecule has 1 unspecified atom stereocenters. The summed E-state index contributed by atoms with van der Waals surface area (Å²) in [4.78, 5) is 0. The van der Waals surface area contributed by atoms with Gasteiger partial charge in [-0.3, -0.25) is 0 Å². The first-order chi connectivity index (χ1) is 6.80. The third-order valence-corrected chi connectivity index (χ3v) is 1.93. The number of hydrogen-bond donors (Lipinski definition) is 1. The molecule has 1 aromatic carbocycles. The van der Waals surface area contributed by atoms with Crippen LogP contribution in [0.25, 0.3) is 0 Å². The van der Waals surface area contributed by atoms with Gasteiger partial charge in [-0.25, -0.2) is 0 Å². The van der Waals surface area contributed by atoms with E-state index in [-0.39, 0.29) is 6.04 Å². The maximum Gasteiger partial charge on any atom is 0.114 e. The minimum absolute atomic E-state index is 0.150. The number of anilines is 1. The quantitative estimate of drug-likeness (QED) is 0.732. The lowest BCUT2D eigenvalue weighted by atomic mass is 10.2. The lowest BCUT2D eigenvalue weighted by Gasteiger charge is -2.10. The largest absolute Gasteiger partial charge is 0.370 e. The van der Waals surface area contributed by atoms with Crippen LogP contribution in [0.3, 0.4) is 0 Å². The van der Waals surface area contributed by atoms with Crippen LogP contribution in [0.2, 0.25) is 0 Å². The topological polar surface area (TPSA) is 35.8 Å². The van der Waals surface area contributed by atoms with Gasteiger partial charge in [-0.15, -0.1) is 6.42 Å². The molecule has 0 aliphatic rings. The molecule has 0 bridgehead atoms. The van der Waals surface area contributed by atoms with Crippen LogP contribution < -0.4 is 5.32 Å². The van der Waals surface area contributed by atoms with Gasteiger partial charge in [0.15, 0.2) is 0 Å². The highest BCUT2D eigenvalue weighted by atomic mass is 14.9. The van der Waals surface area contributed by atoms with Crippen LogP contribution in [-0.4, -0.2) is 6.04 Å². The molecule has 2 heteroatoms. The standard InChI is InChI=1S/C12H12N2/c1-3-10-6-5-7-12(8-10)14-11(4-2)9-13/h1,5-8,11,14H,4H2,2H3. The lowest BCUT2D eigenvalue weighted by Crippen LogP contribution is -2.15. The maximum atomic E-state index is 8.76. The van der Waals surface area contributed by atoms with Crippen molar-refractivity contribution in [3.8, 4) is 18.4 Å². The zero-order valence-electron chi connectivity index (χ0n) is 8.12. The molecule has 1 rings (SSSR count). The number of hydrogen-bond acceptors (Lipinski definition) is 2. The molecule has 0 aliphatic carbocycles. The van der Waals surface area contributed by atoms with E-state index in [1.165, 1.54) is 0 Å². The second-order valence-electron chi connectivity index (χ2n) is 2.96. The van der Waals surface area contributed by atoms with Crippen molar-refractivity contribution in [1.29, 1.82) is 5.26 Å². The fourth-order valence-corrected chi connectivity index (χ4v) is 1.13. The number of nitrogens with zero attached hydrogens (tertiary/aromatic N) is 1. The molecule has 14 heavy (non-hydrogen) atoms. The molecule has 2 nitrogen and oxygen atoms in total. The summed E-state index contributed by atoms with van der Waals surface area (Å²) >= 11 is 0. The van der Waals surface area contributed by atoms with Crippen molar-refractivity contribution in [1.82, 2.24) is 0 Å². The minimum atomic E-state index is -0.150. The summed E-state index contributed by atoms with van der Waals surface area (Å²) in [7, 11) is 0. The van der Waals surface area contributed by atoms with Crippen molar-refractivity contribution in [3.05, 3.63) is 29.8 Å². The van der Waals surface area contributed by atoms with Crippen LogP contribution in [0.15, 0.2) is 24.3 Å². The molecule has 1 N–H and O–H groups in total. The van der Waals surface area contributed by atoms with Crippen LogP contribution in [0.4, 0.5) is 5.69 Å². The molecule has 1 atom stereocenters. The fraction of sp³-hybridized carbons (Fsp3) is 0.250. The first kappa shape index (κ1) is 10.2. The smallest absolute Gasteiger partial charge is 0.114 e. The number of terminal acetylenes is 1. The van der Waals surface area contributed by atoms with E-state index in [2.05, 4.69) is 17.3 Å². The van der Waals surface area contributed by atoms with Gasteiger partial charge in [-0.2, -0.15) is 5.26 Å². The Morgan fingerprint density at radius 1 is 1.57 bits per heavy atom. The monoisotopic (exact) mass is 184 g/mol. The molecule has 0 saturated carbocycles. The third-order valence-electron chi connectivity index (χ3n) is 1.93. The Morgan fingerprint density at radius 3 is 2.93 bits per heavy atom. The number of nitrogens with one attached hydrogen (secondary N) is 1. The molecule has 1 aromatic rings.